The van der Waals surface area contributed by atoms with Gasteiger partial charge in [0.15, 0.2) is 11.2 Å². The molecule has 0 radical (unpaired) electrons. The fourth-order valence-electron chi connectivity index (χ4n) is 3.04. The lowest BCUT2D eigenvalue weighted by molar-refractivity contribution is 0.651. The minimum Gasteiger partial charge on any atom is -0.295 e. The summed E-state index contributed by atoms with van der Waals surface area (Å²) in [5, 5.41) is 10.8. The zero-order valence-corrected chi connectivity index (χ0v) is 11.0. The number of H-pyrrole nitrogens is 1. The summed E-state index contributed by atoms with van der Waals surface area (Å²) in [7, 11) is 0. The second kappa shape index (κ2) is 4.30. The first-order chi connectivity index (χ1) is 9.86. The summed E-state index contributed by atoms with van der Waals surface area (Å²) in [5.41, 5.74) is 4.13. The summed E-state index contributed by atoms with van der Waals surface area (Å²) in [6.45, 7) is 0. The Kier molecular flexibility index (Phi) is 2.45. The number of rotatable bonds is 1. The van der Waals surface area contributed by atoms with Gasteiger partial charge in [-0.15, -0.1) is 5.10 Å². The molecular formula is C15H14N4O. The molecule has 1 aliphatic rings. The van der Waals surface area contributed by atoms with Gasteiger partial charge in [-0.1, -0.05) is 18.2 Å². The van der Waals surface area contributed by atoms with E-state index >= 15 is 0 Å². The number of aromatic amines is 1. The number of pyridine rings is 1. The van der Waals surface area contributed by atoms with E-state index in [1.165, 1.54) is 0 Å². The third kappa shape index (κ3) is 1.52. The average molecular weight is 266 g/mol. The molecule has 0 spiro atoms. The van der Waals surface area contributed by atoms with Crippen molar-refractivity contribution in [2.45, 2.75) is 25.7 Å². The summed E-state index contributed by atoms with van der Waals surface area (Å²) in [5.74, 6) is 0. The van der Waals surface area contributed by atoms with E-state index in [4.69, 9.17) is 0 Å². The molecule has 1 N–H and O–H groups in total. The van der Waals surface area contributed by atoms with E-state index in [1.54, 1.807) is 0 Å². The topological polar surface area (TPSA) is 63.6 Å². The number of para-hydroxylation sites is 1. The molecule has 0 atom stereocenters. The molecule has 5 heteroatoms. The molecule has 2 aromatic heterocycles. The summed E-state index contributed by atoms with van der Waals surface area (Å²) in [6.07, 6.45) is 3.94. The van der Waals surface area contributed by atoms with Crippen LogP contribution in [0.3, 0.4) is 0 Å². The second-order valence-corrected chi connectivity index (χ2v) is 5.13. The van der Waals surface area contributed by atoms with Gasteiger partial charge >= 0.3 is 0 Å². The largest absolute Gasteiger partial charge is 0.295 e. The van der Waals surface area contributed by atoms with Gasteiger partial charge in [0.25, 0.3) is 0 Å². The second-order valence-electron chi connectivity index (χ2n) is 5.13. The van der Waals surface area contributed by atoms with Crippen molar-refractivity contribution in [1.82, 2.24) is 20.0 Å². The Labute approximate surface area is 115 Å². The number of aromatic nitrogens is 4. The van der Waals surface area contributed by atoms with Crippen LogP contribution in [0.15, 0.2) is 35.1 Å². The van der Waals surface area contributed by atoms with Crippen molar-refractivity contribution in [3.05, 3.63) is 51.8 Å². The first kappa shape index (κ1) is 11.4. The average Bonchev–Trinajstić information content (AvgIpc) is 2.98. The number of benzene rings is 1. The highest BCUT2D eigenvalue weighted by Gasteiger charge is 2.22. The van der Waals surface area contributed by atoms with Crippen LogP contribution in [0, 0.1) is 0 Å². The Balaban J connectivity index is 2.16. The van der Waals surface area contributed by atoms with Crippen LogP contribution in [0.2, 0.25) is 0 Å². The van der Waals surface area contributed by atoms with Crippen molar-refractivity contribution in [2.75, 3.05) is 0 Å². The molecule has 3 aromatic rings. The molecule has 5 nitrogen and oxygen atoms in total. The van der Waals surface area contributed by atoms with Gasteiger partial charge in [-0.3, -0.25) is 9.36 Å². The third-order valence-electron chi connectivity index (χ3n) is 3.95. The minimum atomic E-state index is 0.0376. The Morgan fingerprint density at radius 2 is 1.85 bits per heavy atom. The molecule has 0 aliphatic heterocycles. The van der Waals surface area contributed by atoms with Gasteiger partial charge < -0.3 is 0 Å². The summed E-state index contributed by atoms with van der Waals surface area (Å²) < 4.78 is 2.08. The summed E-state index contributed by atoms with van der Waals surface area (Å²) in [6, 6.07) is 10.0. The zero-order chi connectivity index (χ0) is 13.5. The maximum absolute atomic E-state index is 12.5. The molecule has 0 unspecified atom stereocenters. The van der Waals surface area contributed by atoms with E-state index < -0.39 is 0 Å². The predicted octanol–water partition coefficient (Wildman–Crippen LogP) is 1.99. The number of fused-ring (bicyclic) bond motifs is 2. The van der Waals surface area contributed by atoms with Crippen molar-refractivity contribution in [2.24, 2.45) is 0 Å². The third-order valence-corrected chi connectivity index (χ3v) is 3.95. The Bertz CT molecular complexity index is 832. The first-order valence-corrected chi connectivity index (χ1v) is 6.89. The van der Waals surface area contributed by atoms with Gasteiger partial charge in [0.1, 0.15) is 0 Å². The van der Waals surface area contributed by atoms with Crippen molar-refractivity contribution in [1.29, 1.82) is 0 Å². The predicted molar refractivity (Wildman–Crippen MR) is 76.1 cm³/mol. The summed E-state index contributed by atoms with van der Waals surface area (Å²) >= 11 is 0. The monoisotopic (exact) mass is 266 g/mol. The zero-order valence-electron chi connectivity index (χ0n) is 11.0. The molecule has 0 saturated carbocycles. The normalized spacial score (nSPS) is 14.4. The number of nitrogens with one attached hydrogen (secondary N) is 1. The molecule has 2 heterocycles. The molecule has 0 saturated heterocycles. The molecule has 1 aliphatic carbocycles. The van der Waals surface area contributed by atoms with Gasteiger partial charge in [0.2, 0.25) is 5.43 Å². The van der Waals surface area contributed by atoms with Gasteiger partial charge in [-0.05, 0) is 37.8 Å². The molecule has 4 rings (SSSR count). The highest BCUT2D eigenvalue weighted by atomic mass is 16.1. The lowest BCUT2D eigenvalue weighted by atomic mass is 9.94. The highest BCUT2D eigenvalue weighted by molar-refractivity contribution is 5.73. The van der Waals surface area contributed by atoms with E-state index in [-0.39, 0.29) is 5.43 Å². The van der Waals surface area contributed by atoms with Crippen LogP contribution in [0.4, 0.5) is 0 Å². The van der Waals surface area contributed by atoms with Crippen LogP contribution in [0.25, 0.3) is 16.9 Å². The van der Waals surface area contributed by atoms with Gasteiger partial charge in [-0.25, -0.2) is 0 Å². The highest BCUT2D eigenvalue weighted by Crippen LogP contribution is 2.25. The maximum Gasteiger partial charge on any atom is 0.214 e. The fraction of sp³-hybridized carbons (Fsp3) is 0.267. The van der Waals surface area contributed by atoms with Crippen LogP contribution >= 0.6 is 0 Å². The lowest BCUT2D eigenvalue weighted by Gasteiger charge is -2.21. The quantitative estimate of drug-likeness (QED) is 0.732. The van der Waals surface area contributed by atoms with Crippen molar-refractivity contribution in [3.63, 3.8) is 0 Å². The summed E-state index contributed by atoms with van der Waals surface area (Å²) in [4.78, 5) is 12.5. The molecule has 20 heavy (non-hydrogen) atoms. The Morgan fingerprint density at radius 1 is 1.05 bits per heavy atom. The molecule has 0 fully saturated rings. The number of hydrogen-bond acceptors (Lipinski definition) is 3. The Hall–Kier alpha value is -2.43. The van der Waals surface area contributed by atoms with Crippen LogP contribution in [0.1, 0.15) is 24.1 Å². The van der Waals surface area contributed by atoms with Crippen molar-refractivity contribution < 1.29 is 0 Å². The lowest BCUT2D eigenvalue weighted by Crippen LogP contribution is -2.23. The number of nitrogens with zero attached hydrogens (tertiary/aromatic N) is 3. The van der Waals surface area contributed by atoms with Gasteiger partial charge in [0, 0.05) is 16.9 Å². The number of hydrogen-bond donors (Lipinski definition) is 1. The molecular weight excluding hydrogens is 252 g/mol. The SMILES string of the molecule is O=c1c2c(n(-c3ccccc3)c3n[nH]nc13)CCCC2. The van der Waals surface area contributed by atoms with Crippen LogP contribution in [-0.2, 0) is 12.8 Å². The van der Waals surface area contributed by atoms with Crippen molar-refractivity contribution >= 4 is 11.2 Å². The fourth-order valence-corrected chi connectivity index (χ4v) is 3.04. The van der Waals surface area contributed by atoms with Gasteiger partial charge in [0.05, 0.1) is 0 Å². The van der Waals surface area contributed by atoms with Crippen LogP contribution in [0.5, 0.6) is 0 Å². The molecule has 1 aromatic carbocycles. The minimum absolute atomic E-state index is 0.0376. The molecule has 0 bridgehead atoms. The van der Waals surface area contributed by atoms with E-state index in [0.717, 1.165) is 42.6 Å². The van der Waals surface area contributed by atoms with Crippen molar-refractivity contribution in [3.8, 4) is 5.69 Å². The maximum atomic E-state index is 12.5. The van der Waals surface area contributed by atoms with Crippen LogP contribution < -0.4 is 5.43 Å². The molecule has 0 amide bonds. The standard InChI is InChI=1S/C15H14N4O/c20-14-11-8-4-5-9-12(11)19(10-6-2-1-3-7-10)15-13(14)16-18-17-15/h1-3,6-7H,4-5,8-9H2,(H,16,17,18). The van der Waals surface area contributed by atoms with E-state index in [9.17, 15) is 4.79 Å². The van der Waals surface area contributed by atoms with Crippen LogP contribution in [-0.4, -0.2) is 20.0 Å². The van der Waals surface area contributed by atoms with Gasteiger partial charge in [-0.2, -0.15) is 10.3 Å². The molecule has 100 valence electrons. The first-order valence-electron chi connectivity index (χ1n) is 6.89. The smallest absolute Gasteiger partial charge is 0.214 e. The van der Waals surface area contributed by atoms with E-state index in [0.29, 0.717) is 11.2 Å². The Morgan fingerprint density at radius 3 is 2.70 bits per heavy atom. The van der Waals surface area contributed by atoms with E-state index in [1.807, 2.05) is 30.3 Å². The van der Waals surface area contributed by atoms with E-state index in [2.05, 4.69) is 20.0 Å².